The highest BCUT2D eigenvalue weighted by Crippen LogP contribution is 2.23. The van der Waals surface area contributed by atoms with E-state index in [-0.39, 0.29) is 5.56 Å². The number of hydrogen-bond donors (Lipinski definition) is 0. The Kier molecular flexibility index (Phi) is 4.44. The molecule has 3 heterocycles. The van der Waals surface area contributed by atoms with Crippen molar-refractivity contribution in [1.82, 2.24) is 24.5 Å². The van der Waals surface area contributed by atoms with Crippen LogP contribution in [0.4, 0.5) is 0 Å². The predicted octanol–water partition coefficient (Wildman–Crippen LogP) is 3.91. The fraction of sp³-hybridized carbons (Fsp3) is 0.0833. The van der Waals surface area contributed by atoms with Gasteiger partial charge in [0, 0.05) is 47.6 Å². The molecular formula is C24H19N5O. The number of nitrogens with zero attached hydrogens (tertiary/aromatic N) is 5. The molecule has 0 spiro atoms. The van der Waals surface area contributed by atoms with Gasteiger partial charge in [0.05, 0.1) is 24.0 Å². The summed E-state index contributed by atoms with van der Waals surface area (Å²) in [5.41, 5.74) is 5.56. The van der Waals surface area contributed by atoms with E-state index in [1.165, 1.54) is 4.68 Å². The summed E-state index contributed by atoms with van der Waals surface area (Å²) in [4.78, 5) is 17.0. The first kappa shape index (κ1) is 18.0. The van der Waals surface area contributed by atoms with Crippen LogP contribution in [0.5, 0.6) is 0 Å². The Balaban J connectivity index is 1.50. The van der Waals surface area contributed by atoms with E-state index in [0.717, 1.165) is 38.9 Å². The zero-order chi connectivity index (χ0) is 20.5. The summed E-state index contributed by atoms with van der Waals surface area (Å²) >= 11 is 0. The quantitative estimate of drug-likeness (QED) is 0.464. The van der Waals surface area contributed by atoms with Gasteiger partial charge in [0.15, 0.2) is 0 Å². The monoisotopic (exact) mass is 393 g/mol. The summed E-state index contributed by atoms with van der Waals surface area (Å²) in [5.74, 6) is 0. The molecule has 146 valence electrons. The Morgan fingerprint density at radius 3 is 2.53 bits per heavy atom. The molecule has 5 rings (SSSR count). The van der Waals surface area contributed by atoms with E-state index < -0.39 is 0 Å². The highest BCUT2D eigenvalue weighted by molar-refractivity contribution is 5.83. The largest absolute Gasteiger partial charge is 0.275 e. The van der Waals surface area contributed by atoms with E-state index in [2.05, 4.69) is 27.3 Å². The third-order valence-electron chi connectivity index (χ3n) is 5.05. The molecular weight excluding hydrogens is 374 g/mol. The lowest BCUT2D eigenvalue weighted by atomic mass is 10.1. The van der Waals surface area contributed by atoms with Crippen molar-refractivity contribution in [3.63, 3.8) is 0 Å². The van der Waals surface area contributed by atoms with E-state index in [0.29, 0.717) is 6.54 Å². The van der Waals surface area contributed by atoms with Gasteiger partial charge in [-0.1, -0.05) is 36.4 Å². The van der Waals surface area contributed by atoms with Crippen LogP contribution in [-0.4, -0.2) is 24.5 Å². The van der Waals surface area contributed by atoms with Crippen LogP contribution in [-0.2, 0) is 13.6 Å². The van der Waals surface area contributed by atoms with Crippen molar-refractivity contribution in [3.8, 4) is 22.4 Å². The van der Waals surface area contributed by atoms with Crippen LogP contribution in [0, 0.1) is 0 Å². The summed E-state index contributed by atoms with van der Waals surface area (Å²) in [5, 5.41) is 9.81. The van der Waals surface area contributed by atoms with E-state index in [1.807, 2.05) is 68.1 Å². The molecule has 0 atom stereocenters. The Morgan fingerprint density at radius 1 is 0.867 bits per heavy atom. The van der Waals surface area contributed by atoms with Gasteiger partial charge in [0.1, 0.15) is 0 Å². The van der Waals surface area contributed by atoms with Gasteiger partial charge in [-0.15, -0.1) is 0 Å². The zero-order valence-corrected chi connectivity index (χ0v) is 16.4. The lowest BCUT2D eigenvalue weighted by Gasteiger charge is -2.09. The molecule has 0 N–H and O–H groups in total. The van der Waals surface area contributed by atoms with E-state index in [1.54, 1.807) is 16.8 Å². The zero-order valence-electron chi connectivity index (χ0n) is 16.4. The summed E-state index contributed by atoms with van der Waals surface area (Å²) in [6, 6.07) is 21.3. The van der Waals surface area contributed by atoms with Crippen LogP contribution in [0.15, 0.2) is 90.1 Å². The smallest absolute Gasteiger partial charge is 0.267 e. The van der Waals surface area contributed by atoms with Crippen LogP contribution >= 0.6 is 0 Å². The fourth-order valence-electron chi connectivity index (χ4n) is 3.51. The maximum Gasteiger partial charge on any atom is 0.267 e. The number of rotatable bonds is 4. The van der Waals surface area contributed by atoms with Crippen LogP contribution in [0.25, 0.3) is 33.3 Å². The van der Waals surface area contributed by atoms with Gasteiger partial charge in [0.25, 0.3) is 5.56 Å². The predicted molar refractivity (Wildman–Crippen MR) is 117 cm³/mol. The number of fused-ring (bicyclic) bond motifs is 1. The minimum absolute atomic E-state index is 0.128. The molecule has 0 bridgehead atoms. The van der Waals surface area contributed by atoms with E-state index in [9.17, 15) is 4.79 Å². The first-order valence-electron chi connectivity index (χ1n) is 9.67. The number of aryl methyl sites for hydroxylation is 1. The summed E-state index contributed by atoms with van der Waals surface area (Å²) in [6.07, 6.45) is 5.64. The van der Waals surface area contributed by atoms with Crippen molar-refractivity contribution in [2.45, 2.75) is 6.54 Å². The second-order valence-electron chi connectivity index (χ2n) is 7.23. The lowest BCUT2D eigenvalue weighted by Crippen LogP contribution is -2.22. The third-order valence-corrected chi connectivity index (χ3v) is 5.05. The van der Waals surface area contributed by atoms with E-state index >= 15 is 0 Å². The minimum atomic E-state index is -0.128. The first-order chi connectivity index (χ1) is 14.7. The lowest BCUT2D eigenvalue weighted by molar-refractivity contribution is 0.643. The molecule has 0 aliphatic rings. The Labute approximate surface area is 173 Å². The van der Waals surface area contributed by atoms with Crippen LogP contribution in [0.3, 0.4) is 0 Å². The molecule has 6 heteroatoms. The molecule has 6 nitrogen and oxygen atoms in total. The van der Waals surface area contributed by atoms with Crippen molar-refractivity contribution in [3.05, 3.63) is 101 Å². The Morgan fingerprint density at radius 2 is 1.73 bits per heavy atom. The molecule has 0 aliphatic heterocycles. The normalized spacial score (nSPS) is 11.1. The topological polar surface area (TPSA) is 65.6 Å². The van der Waals surface area contributed by atoms with Crippen LogP contribution < -0.4 is 5.56 Å². The summed E-state index contributed by atoms with van der Waals surface area (Å²) in [6.45, 7) is 0.395. The van der Waals surface area contributed by atoms with Crippen molar-refractivity contribution in [2.75, 3.05) is 0 Å². The minimum Gasteiger partial charge on any atom is -0.275 e. The van der Waals surface area contributed by atoms with Gasteiger partial charge in [-0.25, -0.2) is 4.68 Å². The van der Waals surface area contributed by atoms with Gasteiger partial charge in [-0.3, -0.25) is 14.5 Å². The number of pyridine rings is 1. The molecule has 2 aromatic carbocycles. The fourth-order valence-corrected chi connectivity index (χ4v) is 3.51. The first-order valence-corrected chi connectivity index (χ1v) is 9.67. The second-order valence-corrected chi connectivity index (χ2v) is 7.23. The molecule has 0 amide bonds. The van der Waals surface area contributed by atoms with Crippen molar-refractivity contribution in [2.24, 2.45) is 7.05 Å². The number of aromatic nitrogens is 5. The Hall–Kier alpha value is -4.06. The Bertz CT molecular complexity index is 1400. The van der Waals surface area contributed by atoms with Gasteiger partial charge < -0.3 is 0 Å². The molecule has 5 aromatic rings. The highest BCUT2D eigenvalue weighted by atomic mass is 16.1. The van der Waals surface area contributed by atoms with Crippen molar-refractivity contribution < 1.29 is 0 Å². The maximum absolute atomic E-state index is 12.4. The van der Waals surface area contributed by atoms with Crippen molar-refractivity contribution >= 4 is 10.9 Å². The molecule has 0 aliphatic carbocycles. The molecule has 0 saturated carbocycles. The van der Waals surface area contributed by atoms with Gasteiger partial charge in [-0.05, 0) is 29.8 Å². The third kappa shape index (κ3) is 3.51. The van der Waals surface area contributed by atoms with Gasteiger partial charge in [0.2, 0.25) is 0 Å². The molecule has 0 unspecified atom stereocenters. The van der Waals surface area contributed by atoms with E-state index in [4.69, 9.17) is 0 Å². The number of hydrogen-bond acceptors (Lipinski definition) is 4. The average Bonchev–Trinajstić information content (AvgIpc) is 3.22. The summed E-state index contributed by atoms with van der Waals surface area (Å²) in [7, 11) is 1.89. The standard InChI is InChI=1S/C24H19N5O/c1-28-16-21(14-26-28)20-12-19-11-17(7-8-22(19)25-13-20)15-29-24(30)10-9-23(27-29)18-5-3-2-4-6-18/h2-14,16H,15H2,1H3. The summed E-state index contributed by atoms with van der Waals surface area (Å²) < 4.78 is 3.27. The average molecular weight is 393 g/mol. The molecule has 0 saturated heterocycles. The van der Waals surface area contributed by atoms with Crippen LogP contribution in [0.1, 0.15) is 5.56 Å². The molecule has 0 radical (unpaired) electrons. The van der Waals surface area contributed by atoms with Gasteiger partial charge >= 0.3 is 0 Å². The molecule has 0 fully saturated rings. The SMILES string of the molecule is Cn1cc(-c2cnc3ccc(Cn4nc(-c5ccccc5)ccc4=O)cc3c2)cn1. The van der Waals surface area contributed by atoms with Crippen LogP contribution in [0.2, 0.25) is 0 Å². The molecule has 3 aromatic heterocycles. The highest BCUT2D eigenvalue weighted by Gasteiger charge is 2.07. The molecule has 30 heavy (non-hydrogen) atoms. The number of benzene rings is 2. The van der Waals surface area contributed by atoms with Gasteiger partial charge in [-0.2, -0.15) is 10.2 Å². The second kappa shape index (κ2) is 7.40. The van der Waals surface area contributed by atoms with Crippen molar-refractivity contribution in [1.29, 1.82) is 0 Å². The maximum atomic E-state index is 12.4.